The number of fused-ring (bicyclic) bond motifs is 2. The molecule has 206 valence electrons. The minimum Gasteiger partial charge on any atom is -0.493 e. The summed E-state index contributed by atoms with van der Waals surface area (Å²) < 4.78 is 39.0. The molecule has 0 fully saturated rings. The van der Waals surface area contributed by atoms with Crippen LogP contribution in [0.2, 0.25) is 0 Å². The summed E-state index contributed by atoms with van der Waals surface area (Å²) in [5.41, 5.74) is 3.14. The van der Waals surface area contributed by atoms with Crippen LogP contribution in [0.4, 0.5) is 5.69 Å². The van der Waals surface area contributed by atoms with Crippen molar-refractivity contribution >= 4 is 38.3 Å². The topological polar surface area (TPSA) is 102 Å². The highest BCUT2D eigenvalue weighted by Crippen LogP contribution is 2.46. The van der Waals surface area contributed by atoms with Gasteiger partial charge in [-0.05, 0) is 37.1 Å². The molecule has 4 aromatic rings. The molecule has 0 radical (unpaired) electrons. The molecule has 0 saturated carbocycles. The average Bonchev–Trinajstić information content (AvgIpc) is 3.27. The van der Waals surface area contributed by atoms with Gasteiger partial charge in [0.2, 0.25) is 15.9 Å². The summed E-state index contributed by atoms with van der Waals surface area (Å²) in [6.45, 7) is 4.97. The van der Waals surface area contributed by atoms with Crippen molar-refractivity contribution in [2.45, 2.75) is 32.6 Å². The Kier molecular flexibility index (Phi) is 7.75. The maximum absolute atomic E-state index is 13.7. The van der Waals surface area contributed by atoms with Crippen LogP contribution in [0.25, 0.3) is 10.8 Å². The van der Waals surface area contributed by atoms with Gasteiger partial charge in [-0.15, -0.1) is 0 Å². The summed E-state index contributed by atoms with van der Waals surface area (Å²) in [7, 11) is -3.82. The highest BCUT2D eigenvalue weighted by Gasteiger charge is 2.36. The number of anilines is 1. The molecule has 0 aromatic heterocycles. The van der Waals surface area contributed by atoms with Crippen molar-refractivity contribution in [3.8, 4) is 11.5 Å². The Bertz CT molecular complexity index is 1670. The molecular formula is C31H30N2O6S. The van der Waals surface area contributed by atoms with Crippen molar-refractivity contribution < 1.29 is 27.5 Å². The lowest BCUT2D eigenvalue weighted by atomic mass is 9.99. The first-order valence-electron chi connectivity index (χ1n) is 13.1. The van der Waals surface area contributed by atoms with E-state index in [4.69, 9.17) is 9.47 Å². The maximum atomic E-state index is 13.7. The molecule has 0 saturated heterocycles. The lowest BCUT2D eigenvalue weighted by molar-refractivity contribution is -0.118. The van der Waals surface area contributed by atoms with Gasteiger partial charge in [0.25, 0.3) is 5.91 Å². The van der Waals surface area contributed by atoms with E-state index in [1.807, 2.05) is 38.1 Å². The lowest BCUT2D eigenvalue weighted by Gasteiger charge is -2.16. The van der Waals surface area contributed by atoms with Gasteiger partial charge in [-0.3, -0.25) is 14.3 Å². The van der Waals surface area contributed by atoms with Gasteiger partial charge < -0.3 is 14.4 Å². The number of amides is 2. The Hall–Kier alpha value is -4.37. The van der Waals surface area contributed by atoms with E-state index >= 15 is 0 Å². The standard InChI is InChI=1S/C31H30N2O6S/c1-3-38-29-24-12-8-9-13-25(24)30(39-4-2)28-26(29)19-33(31(28)35)23-16-14-21(15-17-23)18-27(34)32-40(36,37)20-22-10-6-5-7-11-22/h5-17H,3-4,18-20H2,1-2H3,(H,32,34). The van der Waals surface area contributed by atoms with Gasteiger partial charge in [0.05, 0.1) is 37.5 Å². The van der Waals surface area contributed by atoms with E-state index in [0.29, 0.717) is 53.6 Å². The second-order valence-electron chi connectivity index (χ2n) is 9.43. The molecule has 8 nitrogen and oxygen atoms in total. The summed E-state index contributed by atoms with van der Waals surface area (Å²) in [5, 5.41) is 1.72. The lowest BCUT2D eigenvalue weighted by Crippen LogP contribution is -2.32. The van der Waals surface area contributed by atoms with E-state index in [0.717, 1.165) is 16.3 Å². The van der Waals surface area contributed by atoms with Gasteiger partial charge in [0.1, 0.15) is 11.5 Å². The van der Waals surface area contributed by atoms with Gasteiger partial charge in [-0.2, -0.15) is 0 Å². The second kappa shape index (κ2) is 11.4. The smallest absolute Gasteiger partial charge is 0.262 e. The van der Waals surface area contributed by atoms with Gasteiger partial charge in [0.15, 0.2) is 0 Å². The minimum absolute atomic E-state index is 0.114. The number of carbonyl (C=O) groups excluding carboxylic acids is 2. The summed E-state index contributed by atoms with van der Waals surface area (Å²) in [6, 6.07) is 23.4. The molecule has 1 N–H and O–H groups in total. The third-order valence-electron chi connectivity index (χ3n) is 6.65. The van der Waals surface area contributed by atoms with Gasteiger partial charge in [0, 0.05) is 22.0 Å². The van der Waals surface area contributed by atoms with E-state index in [9.17, 15) is 18.0 Å². The molecule has 5 rings (SSSR count). The van der Waals surface area contributed by atoms with Gasteiger partial charge in [-0.1, -0.05) is 66.7 Å². The first-order valence-corrected chi connectivity index (χ1v) is 14.8. The molecule has 2 amide bonds. The predicted molar refractivity (Wildman–Crippen MR) is 154 cm³/mol. The molecule has 0 spiro atoms. The molecule has 40 heavy (non-hydrogen) atoms. The van der Waals surface area contributed by atoms with Crippen molar-refractivity contribution in [1.82, 2.24) is 4.72 Å². The number of sulfonamides is 1. The van der Waals surface area contributed by atoms with E-state index in [1.165, 1.54) is 0 Å². The fourth-order valence-electron chi connectivity index (χ4n) is 5.00. The van der Waals surface area contributed by atoms with Crippen molar-refractivity contribution in [3.63, 3.8) is 0 Å². The predicted octanol–water partition coefficient (Wildman–Crippen LogP) is 4.99. The molecule has 1 aliphatic rings. The maximum Gasteiger partial charge on any atom is 0.262 e. The highest BCUT2D eigenvalue weighted by molar-refractivity contribution is 7.89. The van der Waals surface area contributed by atoms with Crippen LogP contribution in [0.3, 0.4) is 0 Å². The molecule has 4 aromatic carbocycles. The number of ether oxygens (including phenoxy) is 2. The number of nitrogens with zero attached hydrogens (tertiary/aromatic N) is 1. The van der Waals surface area contributed by atoms with Crippen molar-refractivity contribution in [2.75, 3.05) is 18.1 Å². The number of nitrogens with one attached hydrogen (secondary N) is 1. The Morgan fingerprint density at radius 1 is 0.825 bits per heavy atom. The third kappa shape index (κ3) is 5.51. The zero-order valence-electron chi connectivity index (χ0n) is 22.3. The van der Waals surface area contributed by atoms with Crippen LogP contribution in [0.1, 0.15) is 40.9 Å². The third-order valence-corrected chi connectivity index (χ3v) is 7.91. The Morgan fingerprint density at radius 3 is 2.08 bits per heavy atom. The van der Waals surface area contributed by atoms with Gasteiger partial charge in [-0.25, -0.2) is 8.42 Å². The van der Waals surface area contributed by atoms with Crippen LogP contribution in [0, 0.1) is 0 Å². The van der Waals surface area contributed by atoms with Crippen LogP contribution in [-0.4, -0.2) is 33.4 Å². The fraction of sp³-hybridized carbons (Fsp3) is 0.226. The second-order valence-corrected chi connectivity index (χ2v) is 11.2. The highest BCUT2D eigenvalue weighted by atomic mass is 32.2. The SMILES string of the molecule is CCOc1c2c(c(OCC)c3ccccc13)C(=O)N(c1ccc(CC(=O)NS(=O)(=O)Cc3ccccc3)cc1)C2. The quantitative estimate of drug-likeness (QED) is 0.294. The Morgan fingerprint density at radius 2 is 1.43 bits per heavy atom. The van der Waals surface area contributed by atoms with E-state index in [2.05, 4.69) is 4.72 Å². The van der Waals surface area contributed by atoms with E-state index in [1.54, 1.807) is 59.5 Å². The molecule has 1 heterocycles. The Balaban J connectivity index is 1.35. The molecular weight excluding hydrogens is 528 g/mol. The number of benzene rings is 4. The fourth-order valence-corrected chi connectivity index (χ4v) is 6.12. The molecule has 0 aliphatic carbocycles. The molecule has 0 atom stereocenters. The summed E-state index contributed by atoms with van der Waals surface area (Å²) in [4.78, 5) is 27.9. The molecule has 0 unspecified atom stereocenters. The number of rotatable bonds is 10. The zero-order valence-corrected chi connectivity index (χ0v) is 23.2. The monoisotopic (exact) mass is 558 g/mol. The van der Waals surface area contributed by atoms with Crippen molar-refractivity contribution in [3.05, 3.63) is 101 Å². The van der Waals surface area contributed by atoms with Crippen LogP contribution in [0.5, 0.6) is 11.5 Å². The molecule has 1 aliphatic heterocycles. The summed E-state index contributed by atoms with van der Waals surface area (Å²) in [6.07, 6.45) is -0.114. The minimum atomic E-state index is -3.82. The van der Waals surface area contributed by atoms with E-state index in [-0.39, 0.29) is 18.1 Å². The Labute approximate surface area is 233 Å². The largest absolute Gasteiger partial charge is 0.493 e. The average molecular weight is 559 g/mol. The van der Waals surface area contributed by atoms with Crippen molar-refractivity contribution in [2.24, 2.45) is 0 Å². The molecule has 0 bridgehead atoms. The van der Waals surface area contributed by atoms with Crippen LogP contribution in [0.15, 0.2) is 78.9 Å². The summed E-state index contributed by atoms with van der Waals surface area (Å²) >= 11 is 0. The van der Waals surface area contributed by atoms with Crippen molar-refractivity contribution in [1.29, 1.82) is 0 Å². The van der Waals surface area contributed by atoms with Gasteiger partial charge >= 0.3 is 0 Å². The van der Waals surface area contributed by atoms with Crippen LogP contribution < -0.4 is 19.1 Å². The normalized spacial score (nSPS) is 12.8. The number of hydrogen-bond acceptors (Lipinski definition) is 6. The zero-order chi connectivity index (χ0) is 28.3. The molecule has 9 heteroatoms. The summed E-state index contributed by atoms with van der Waals surface area (Å²) in [5.74, 6) is 0.135. The number of hydrogen-bond donors (Lipinski definition) is 1. The van der Waals surface area contributed by atoms with Crippen LogP contribution in [-0.2, 0) is 33.5 Å². The first-order chi connectivity index (χ1) is 19.3. The van der Waals surface area contributed by atoms with E-state index < -0.39 is 15.9 Å². The first kappa shape index (κ1) is 27.2. The number of carbonyl (C=O) groups is 2. The van der Waals surface area contributed by atoms with Crippen LogP contribution >= 0.6 is 0 Å².